The maximum absolute atomic E-state index is 9.16. The maximum atomic E-state index is 9.16. The van der Waals surface area contributed by atoms with Crippen LogP contribution in [0.2, 0.25) is 0 Å². The van der Waals surface area contributed by atoms with E-state index in [2.05, 4.69) is 11.9 Å². The van der Waals surface area contributed by atoms with E-state index in [-0.39, 0.29) is 5.59 Å². The second-order valence-electron chi connectivity index (χ2n) is 5.08. The van der Waals surface area contributed by atoms with Gasteiger partial charge in [0.15, 0.2) is 0 Å². The summed E-state index contributed by atoms with van der Waals surface area (Å²) in [5.74, 6) is 0.463. The minimum absolute atomic E-state index is 0.187. The Balaban J connectivity index is 2.10. The molecule has 0 saturated heterocycles. The SMILES string of the molecule is CCCCCCCCCCOc1cccnc1B(O)O. The average Bonchev–Trinajstić information content (AvgIpc) is 2.46. The van der Waals surface area contributed by atoms with Crippen LogP contribution < -0.4 is 10.3 Å². The van der Waals surface area contributed by atoms with Gasteiger partial charge in [-0.25, -0.2) is 0 Å². The minimum atomic E-state index is -1.58. The van der Waals surface area contributed by atoms with Crippen molar-refractivity contribution in [1.29, 1.82) is 0 Å². The molecule has 0 bridgehead atoms. The lowest BCUT2D eigenvalue weighted by Crippen LogP contribution is -2.34. The third kappa shape index (κ3) is 6.92. The summed E-state index contributed by atoms with van der Waals surface area (Å²) in [4.78, 5) is 3.91. The molecule has 4 nitrogen and oxygen atoms in total. The van der Waals surface area contributed by atoms with Crippen LogP contribution in [0.3, 0.4) is 0 Å². The molecule has 1 aromatic heterocycles. The predicted octanol–water partition coefficient (Wildman–Crippen LogP) is 2.28. The van der Waals surface area contributed by atoms with Gasteiger partial charge in [-0.2, -0.15) is 0 Å². The van der Waals surface area contributed by atoms with E-state index in [4.69, 9.17) is 14.8 Å². The topological polar surface area (TPSA) is 62.6 Å². The molecule has 1 heterocycles. The Bertz CT molecular complexity index is 361. The van der Waals surface area contributed by atoms with E-state index in [1.807, 2.05) is 0 Å². The first-order valence-electron chi connectivity index (χ1n) is 7.69. The van der Waals surface area contributed by atoms with Crippen molar-refractivity contribution in [1.82, 2.24) is 4.98 Å². The zero-order chi connectivity index (χ0) is 14.6. The first-order chi connectivity index (χ1) is 9.75. The quantitative estimate of drug-likeness (QED) is 0.482. The highest BCUT2D eigenvalue weighted by Gasteiger charge is 2.18. The maximum Gasteiger partial charge on any atom is 0.512 e. The Morgan fingerprint density at radius 2 is 1.70 bits per heavy atom. The highest BCUT2D eigenvalue weighted by Crippen LogP contribution is 2.10. The molecule has 0 saturated carbocycles. The van der Waals surface area contributed by atoms with E-state index in [1.165, 1.54) is 44.7 Å². The number of ether oxygens (including phenoxy) is 1. The molecule has 0 aromatic carbocycles. The summed E-state index contributed by atoms with van der Waals surface area (Å²) in [6.07, 6.45) is 11.5. The summed E-state index contributed by atoms with van der Waals surface area (Å²) in [6, 6.07) is 3.45. The van der Waals surface area contributed by atoms with Crippen molar-refractivity contribution in [3.63, 3.8) is 0 Å². The lowest BCUT2D eigenvalue weighted by atomic mass is 9.85. The van der Waals surface area contributed by atoms with Gasteiger partial charge in [-0.1, -0.05) is 51.9 Å². The van der Waals surface area contributed by atoms with E-state index >= 15 is 0 Å². The number of nitrogens with zero attached hydrogens (tertiary/aromatic N) is 1. The van der Waals surface area contributed by atoms with Crippen molar-refractivity contribution >= 4 is 12.7 Å². The molecule has 0 fully saturated rings. The summed E-state index contributed by atoms with van der Waals surface area (Å²) in [6.45, 7) is 2.83. The van der Waals surface area contributed by atoms with Crippen LogP contribution in [0.4, 0.5) is 0 Å². The van der Waals surface area contributed by atoms with Crippen molar-refractivity contribution in [2.75, 3.05) is 6.61 Å². The highest BCUT2D eigenvalue weighted by atomic mass is 16.5. The first-order valence-corrected chi connectivity index (χ1v) is 7.69. The van der Waals surface area contributed by atoms with Crippen molar-refractivity contribution in [3.8, 4) is 5.75 Å². The predicted molar refractivity (Wildman–Crippen MR) is 82.2 cm³/mol. The zero-order valence-electron chi connectivity index (χ0n) is 12.4. The third-order valence-electron chi connectivity index (χ3n) is 3.30. The van der Waals surface area contributed by atoms with E-state index in [0.717, 1.165) is 12.8 Å². The van der Waals surface area contributed by atoms with Crippen LogP contribution in [0.5, 0.6) is 5.75 Å². The van der Waals surface area contributed by atoms with Gasteiger partial charge in [-0.05, 0) is 18.6 Å². The molecule has 1 rings (SSSR count). The van der Waals surface area contributed by atoms with Crippen molar-refractivity contribution in [2.24, 2.45) is 0 Å². The summed E-state index contributed by atoms with van der Waals surface area (Å²) < 4.78 is 5.56. The minimum Gasteiger partial charge on any atom is -0.492 e. The van der Waals surface area contributed by atoms with Gasteiger partial charge < -0.3 is 14.8 Å². The molecule has 0 spiro atoms. The van der Waals surface area contributed by atoms with Crippen LogP contribution in [0, 0.1) is 0 Å². The van der Waals surface area contributed by atoms with Gasteiger partial charge in [-0.15, -0.1) is 0 Å². The molecule has 0 unspecified atom stereocenters. The molecule has 0 atom stereocenters. The Labute approximate surface area is 122 Å². The Hall–Kier alpha value is -1.07. The van der Waals surface area contributed by atoms with Crippen LogP contribution in [0.25, 0.3) is 0 Å². The molecule has 20 heavy (non-hydrogen) atoms. The fourth-order valence-electron chi connectivity index (χ4n) is 2.14. The van der Waals surface area contributed by atoms with Gasteiger partial charge in [0.2, 0.25) is 0 Å². The Morgan fingerprint density at radius 3 is 2.35 bits per heavy atom. The summed E-state index contributed by atoms with van der Waals surface area (Å²) in [5.41, 5.74) is 0.187. The van der Waals surface area contributed by atoms with Crippen molar-refractivity contribution < 1.29 is 14.8 Å². The number of rotatable bonds is 11. The van der Waals surface area contributed by atoms with Crippen molar-refractivity contribution in [2.45, 2.75) is 58.3 Å². The second-order valence-corrected chi connectivity index (χ2v) is 5.08. The van der Waals surface area contributed by atoms with E-state index in [9.17, 15) is 0 Å². The van der Waals surface area contributed by atoms with E-state index in [0.29, 0.717) is 12.4 Å². The normalized spacial score (nSPS) is 10.6. The van der Waals surface area contributed by atoms with Crippen LogP contribution in [-0.2, 0) is 0 Å². The van der Waals surface area contributed by atoms with Gasteiger partial charge in [0.05, 0.1) is 6.61 Å². The number of unbranched alkanes of at least 4 members (excludes halogenated alkanes) is 7. The highest BCUT2D eigenvalue weighted by molar-refractivity contribution is 6.58. The molecule has 112 valence electrons. The summed E-state index contributed by atoms with van der Waals surface area (Å²) in [7, 11) is -1.58. The average molecular weight is 279 g/mol. The standard InChI is InChI=1S/C15H26BNO3/c1-2-3-4-5-6-7-8-9-13-20-14-11-10-12-17-15(14)16(18)19/h10-12,18-19H,2-9,13H2,1H3. The third-order valence-corrected chi connectivity index (χ3v) is 3.30. The fraction of sp³-hybridized carbons (Fsp3) is 0.667. The molecule has 0 aliphatic heterocycles. The van der Waals surface area contributed by atoms with Gasteiger partial charge in [-0.3, -0.25) is 4.98 Å². The van der Waals surface area contributed by atoms with Crippen LogP contribution in [0.1, 0.15) is 58.3 Å². The van der Waals surface area contributed by atoms with Crippen LogP contribution in [0.15, 0.2) is 18.3 Å². The Morgan fingerprint density at radius 1 is 1.05 bits per heavy atom. The number of hydrogen-bond acceptors (Lipinski definition) is 4. The zero-order valence-corrected chi connectivity index (χ0v) is 12.4. The number of pyridine rings is 1. The second kappa shape index (κ2) is 10.7. The molecule has 1 aromatic rings. The molecule has 2 N–H and O–H groups in total. The van der Waals surface area contributed by atoms with Gasteiger partial charge in [0.25, 0.3) is 0 Å². The largest absolute Gasteiger partial charge is 0.512 e. The lowest BCUT2D eigenvalue weighted by Gasteiger charge is -2.09. The smallest absolute Gasteiger partial charge is 0.492 e. The monoisotopic (exact) mass is 279 g/mol. The Kier molecular flexibility index (Phi) is 9.08. The lowest BCUT2D eigenvalue weighted by molar-refractivity contribution is 0.303. The fourth-order valence-corrected chi connectivity index (χ4v) is 2.14. The molecule has 5 heteroatoms. The number of aromatic nitrogens is 1. The molecule has 0 aliphatic rings. The molecular formula is C15H26BNO3. The van der Waals surface area contributed by atoms with Crippen LogP contribution in [-0.4, -0.2) is 28.8 Å². The summed E-state index contributed by atoms with van der Waals surface area (Å²) >= 11 is 0. The van der Waals surface area contributed by atoms with Crippen LogP contribution >= 0.6 is 0 Å². The van der Waals surface area contributed by atoms with Crippen molar-refractivity contribution in [3.05, 3.63) is 18.3 Å². The van der Waals surface area contributed by atoms with E-state index in [1.54, 1.807) is 12.1 Å². The number of hydrogen-bond donors (Lipinski definition) is 2. The van der Waals surface area contributed by atoms with Gasteiger partial charge in [0, 0.05) is 6.20 Å². The van der Waals surface area contributed by atoms with Gasteiger partial charge >= 0.3 is 7.12 Å². The molecular weight excluding hydrogens is 253 g/mol. The summed E-state index contributed by atoms with van der Waals surface area (Å²) in [5, 5.41) is 18.3. The molecule has 0 radical (unpaired) electrons. The van der Waals surface area contributed by atoms with E-state index < -0.39 is 7.12 Å². The first kappa shape index (κ1) is 17.0. The molecule has 0 aliphatic carbocycles. The molecule has 0 amide bonds. The van der Waals surface area contributed by atoms with Gasteiger partial charge in [0.1, 0.15) is 11.3 Å².